The highest BCUT2D eigenvalue weighted by molar-refractivity contribution is 7.87. The van der Waals surface area contributed by atoms with E-state index in [-0.39, 0.29) is 22.3 Å². The molecule has 0 spiro atoms. The maximum Gasteiger partial charge on any atom is 0.343 e. The van der Waals surface area contributed by atoms with Crippen LogP contribution in [-0.4, -0.2) is 20.0 Å². The van der Waals surface area contributed by atoms with Gasteiger partial charge in [-0.1, -0.05) is 38.1 Å². The number of pyridine rings is 1. The van der Waals surface area contributed by atoms with Crippen molar-refractivity contribution in [2.45, 2.75) is 38.5 Å². The Bertz CT molecular complexity index is 1070. The lowest BCUT2D eigenvalue weighted by Gasteiger charge is -2.15. The number of hydrogen-bond acceptors (Lipinski definition) is 5. The molecule has 27 heavy (non-hydrogen) atoms. The largest absolute Gasteiger partial charge is 0.492 e. The van der Waals surface area contributed by atoms with Gasteiger partial charge in [0.15, 0.2) is 5.75 Å². The van der Waals surface area contributed by atoms with Crippen molar-refractivity contribution >= 4 is 21.0 Å². The number of nitrogens with zero attached hydrogens (tertiary/aromatic N) is 1. The van der Waals surface area contributed by atoms with Gasteiger partial charge in [-0.25, -0.2) is 4.98 Å². The smallest absolute Gasteiger partial charge is 0.343 e. The Balaban J connectivity index is 2.10. The van der Waals surface area contributed by atoms with Gasteiger partial charge in [0.1, 0.15) is 16.2 Å². The summed E-state index contributed by atoms with van der Waals surface area (Å²) in [5.74, 6) is 0.663. The third-order valence-corrected chi connectivity index (χ3v) is 5.48. The molecule has 3 rings (SSSR count). The molecule has 0 saturated carbocycles. The zero-order valence-electron chi connectivity index (χ0n) is 15.9. The molecule has 0 saturated heterocycles. The molecule has 1 aromatic heterocycles. The molecule has 0 atom stereocenters. The fourth-order valence-corrected chi connectivity index (χ4v) is 3.92. The summed E-state index contributed by atoms with van der Waals surface area (Å²) in [4.78, 5) is 4.47. The molecule has 0 bridgehead atoms. The van der Waals surface area contributed by atoms with E-state index in [1.54, 1.807) is 24.3 Å². The lowest BCUT2D eigenvalue weighted by atomic mass is 10.0. The van der Waals surface area contributed by atoms with Gasteiger partial charge >= 0.3 is 10.1 Å². The highest BCUT2D eigenvalue weighted by atomic mass is 32.2. The first-order valence-corrected chi connectivity index (χ1v) is 10.3. The molecular formula is C21H23NO4S. The Morgan fingerprint density at radius 2 is 1.81 bits per heavy atom. The predicted octanol–water partition coefficient (Wildman–Crippen LogP) is 4.83. The minimum atomic E-state index is -4.09. The van der Waals surface area contributed by atoms with E-state index in [0.29, 0.717) is 12.1 Å². The minimum Gasteiger partial charge on any atom is -0.492 e. The van der Waals surface area contributed by atoms with Crippen LogP contribution in [0.2, 0.25) is 0 Å². The van der Waals surface area contributed by atoms with Crippen molar-refractivity contribution in [1.82, 2.24) is 4.98 Å². The normalized spacial score (nSPS) is 11.7. The highest BCUT2D eigenvalue weighted by Gasteiger charge is 2.24. The van der Waals surface area contributed by atoms with Crippen molar-refractivity contribution in [3.8, 4) is 11.5 Å². The van der Waals surface area contributed by atoms with Crippen LogP contribution < -0.4 is 8.92 Å². The van der Waals surface area contributed by atoms with Gasteiger partial charge in [0.05, 0.1) is 6.61 Å². The van der Waals surface area contributed by atoms with Crippen LogP contribution in [0.5, 0.6) is 11.5 Å². The van der Waals surface area contributed by atoms with E-state index in [0.717, 1.165) is 16.6 Å². The number of fused-ring (bicyclic) bond motifs is 1. The van der Waals surface area contributed by atoms with Crippen LogP contribution in [0.3, 0.4) is 0 Å². The van der Waals surface area contributed by atoms with Crippen LogP contribution in [0.15, 0.2) is 53.4 Å². The summed E-state index contributed by atoms with van der Waals surface area (Å²) in [7, 11) is -4.09. The maximum absolute atomic E-state index is 13.1. The number of benzene rings is 2. The molecule has 0 aliphatic rings. The minimum absolute atomic E-state index is 0.0280. The van der Waals surface area contributed by atoms with E-state index in [4.69, 9.17) is 8.92 Å². The average Bonchev–Trinajstić information content (AvgIpc) is 2.62. The molecule has 2 aromatic carbocycles. The molecule has 142 valence electrons. The topological polar surface area (TPSA) is 65.5 Å². The zero-order chi connectivity index (χ0) is 19.6. The first kappa shape index (κ1) is 19.2. The van der Waals surface area contributed by atoms with Gasteiger partial charge in [0, 0.05) is 11.1 Å². The molecule has 6 heteroatoms. The van der Waals surface area contributed by atoms with E-state index >= 15 is 0 Å². The first-order chi connectivity index (χ1) is 12.8. The lowest BCUT2D eigenvalue weighted by molar-refractivity contribution is 0.329. The fraction of sp³-hybridized carbons (Fsp3) is 0.286. The number of aromatic nitrogens is 1. The fourth-order valence-electron chi connectivity index (χ4n) is 2.80. The Labute approximate surface area is 160 Å². The number of hydrogen-bond donors (Lipinski definition) is 0. The molecule has 0 aliphatic carbocycles. The molecule has 1 heterocycles. The van der Waals surface area contributed by atoms with Gasteiger partial charge in [-0.15, -0.1) is 0 Å². The van der Waals surface area contributed by atoms with Crippen molar-refractivity contribution in [3.63, 3.8) is 0 Å². The Kier molecular flexibility index (Phi) is 5.37. The lowest BCUT2D eigenvalue weighted by Crippen LogP contribution is -2.13. The van der Waals surface area contributed by atoms with Crippen molar-refractivity contribution in [1.29, 1.82) is 0 Å². The summed E-state index contributed by atoms with van der Waals surface area (Å²) in [6.07, 6.45) is 0. The Morgan fingerprint density at radius 1 is 1.04 bits per heavy atom. The van der Waals surface area contributed by atoms with Gasteiger partial charge in [-0.3, -0.25) is 0 Å². The Morgan fingerprint density at radius 3 is 2.52 bits per heavy atom. The summed E-state index contributed by atoms with van der Waals surface area (Å²) in [5.41, 5.74) is 2.19. The van der Waals surface area contributed by atoms with Gasteiger partial charge in [-0.2, -0.15) is 8.42 Å². The average molecular weight is 385 g/mol. The molecule has 0 aliphatic heterocycles. The van der Waals surface area contributed by atoms with Crippen molar-refractivity contribution in [2.75, 3.05) is 6.61 Å². The predicted molar refractivity (Wildman–Crippen MR) is 106 cm³/mol. The third kappa shape index (κ3) is 4.06. The van der Waals surface area contributed by atoms with Crippen molar-refractivity contribution < 1.29 is 17.3 Å². The van der Waals surface area contributed by atoms with Gasteiger partial charge < -0.3 is 8.92 Å². The van der Waals surface area contributed by atoms with Crippen LogP contribution in [-0.2, 0) is 10.1 Å². The van der Waals surface area contributed by atoms with E-state index in [1.165, 1.54) is 0 Å². The molecule has 3 aromatic rings. The van der Waals surface area contributed by atoms with Crippen LogP contribution in [0, 0.1) is 6.92 Å². The zero-order valence-corrected chi connectivity index (χ0v) is 16.7. The monoisotopic (exact) mass is 385 g/mol. The van der Waals surface area contributed by atoms with Crippen LogP contribution >= 0.6 is 0 Å². The van der Waals surface area contributed by atoms with Gasteiger partial charge in [0.2, 0.25) is 0 Å². The molecule has 0 unspecified atom stereocenters. The number of para-hydroxylation sites is 1. The standard InChI is InChI=1S/C21H23NO4S/c1-5-25-18-12-11-17(14(2)3)13-20(18)27(23,24)26-19-8-6-7-16-10-9-15(4)22-21(16)19/h6-14H,5H2,1-4H3. The van der Waals surface area contributed by atoms with Crippen LogP contribution in [0.1, 0.15) is 37.9 Å². The molecule has 0 radical (unpaired) electrons. The highest BCUT2D eigenvalue weighted by Crippen LogP contribution is 2.32. The summed E-state index contributed by atoms with van der Waals surface area (Å²) in [6, 6.07) is 14.2. The summed E-state index contributed by atoms with van der Waals surface area (Å²) in [5, 5.41) is 0.814. The third-order valence-electron chi connectivity index (χ3n) is 4.23. The number of rotatable bonds is 6. The van der Waals surface area contributed by atoms with Gasteiger partial charge in [-0.05, 0) is 49.6 Å². The summed E-state index contributed by atoms with van der Waals surface area (Å²) >= 11 is 0. The van der Waals surface area contributed by atoms with Crippen molar-refractivity contribution in [3.05, 3.63) is 59.8 Å². The van der Waals surface area contributed by atoms with E-state index in [1.807, 2.05) is 52.0 Å². The summed E-state index contributed by atoms with van der Waals surface area (Å²) in [6.45, 7) is 8.03. The van der Waals surface area contributed by atoms with Crippen LogP contribution in [0.4, 0.5) is 0 Å². The van der Waals surface area contributed by atoms with E-state index in [2.05, 4.69) is 4.98 Å². The number of ether oxygens (including phenoxy) is 1. The molecule has 0 amide bonds. The maximum atomic E-state index is 13.1. The second-order valence-electron chi connectivity index (χ2n) is 6.61. The second kappa shape index (κ2) is 7.56. The molecule has 0 N–H and O–H groups in total. The SMILES string of the molecule is CCOc1ccc(C(C)C)cc1S(=O)(=O)Oc1cccc2ccc(C)nc12. The second-order valence-corrected chi connectivity index (χ2v) is 8.13. The van der Waals surface area contributed by atoms with E-state index < -0.39 is 10.1 Å². The van der Waals surface area contributed by atoms with Crippen molar-refractivity contribution in [2.24, 2.45) is 0 Å². The van der Waals surface area contributed by atoms with Crippen LogP contribution in [0.25, 0.3) is 10.9 Å². The first-order valence-electron chi connectivity index (χ1n) is 8.89. The summed E-state index contributed by atoms with van der Waals surface area (Å²) < 4.78 is 37.2. The molecular weight excluding hydrogens is 362 g/mol. The van der Waals surface area contributed by atoms with Gasteiger partial charge in [0.25, 0.3) is 0 Å². The Hall–Kier alpha value is -2.60. The quantitative estimate of drug-likeness (QED) is 0.569. The molecule has 0 fully saturated rings. The molecule has 5 nitrogen and oxygen atoms in total. The number of aryl methyl sites for hydroxylation is 1. The van der Waals surface area contributed by atoms with E-state index in [9.17, 15) is 8.42 Å².